The van der Waals surface area contributed by atoms with E-state index in [1.807, 2.05) is 43.9 Å². The minimum absolute atomic E-state index is 0.00321. The Balaban J connectivity index is 1.57. The number of benzene rings is 2. The molecular formula is C34H32F2N8O2. The Bertz CT molecular complexity index is 2100. The molecule has 7 rings (SSSR count). The molecule has 10 nitrogen and oxygen atoms in total. The molecule has 0 spiro atoms. The summed E-state index contributed by atoms with van der Waals surface area (Å²) in [6.45, 7) is 10.8. The molecule has 0 N–H and O–H groups in total. The van der Waals surface area contributed by atoms with Crippen LogP contribution in [-0.2, 0) is 17.8 Å². The Morgan fingerprint density at radius 2 is 1.85 bits per heavy atom. The van der Waals surface area contributed by atoms with Crippen molar-refractivity contribution < 1.29 is 13.6 Å². The average molecular weight is 623 g/mol. The van der Waals surface area contributed by atoms with Gasteiger partial charge in [0.1, 0.15) is 23.1 Å². The number of para-hydroxylation sites is 1. The second kappa shape index (κ2) is 11.3. The molecular weight excluding hydrogens is 590 g/mol. The molecule has 0 radical (unpaired) electrons. The third kappa shape index (κ3) is 4.84. The van der Waals surface area contributed by atoms with Crippen LogP contribution in [0.1, 0.15) is 49.1 Å². The number of amides is 1. The maximum absolute atomic E-state index is 16.4. The first-order valence-corrected chi connectivity index (χ1v) is 15.2. The fourth-order valence-corrected chi connectivity index (χ4v) is 6.63. The lowest BCUT2D eigenvalue weighted by Gasteiger charge is -2.40. The summed E-state index contributed by atoms with van der Waals surface area (Å²) in [5, 5.41) is 8.93. The van der Waals surface area contributed by atoms with Gasteiger partial charge in [0.15, 0.2) is 5.65 Å². The summed E-state index contributed by atoms with van der Waals surface area (Å²) in [7, 11) is 0. The SMILES string of the molecule is C=CC(=O)N1CCN(c2nc(=O)n3c4nc(c(F)cc24)-c2c(F)cccc2Cn2cc(nn2)Cc2cccc(C(C)C)c2-3)[C@@H](C)C1. The lowest BCUT2D eigenvalue weighted by atomic mass is 9.95. The van der Waals surface area contributed by atoms with Gasteiger partial charge in [-0.1, -0.05) is 56.0 Å². The minimum atomic E-state index is -0.758. The third-order valence-electron chi connectivity index (χ3n) is 8.81. The number of carbonyl (C=O) groups is 1. The van der Waals surface area contributed by atoms with E-state index in [0.29, 0.717) is 48.4 Å². The fourth-order valence-electron chi connectivity index (χ4n) is 6.63. The predicted octanol–water partition coefficient (Wildman–Crippen LogP) is 4.62. The Morgan fingerprint density at radius 1 is 1.07 bits per heavy atom. The zero-order valence-corrected chi connectivity index (χ0v) is 25.7. The van der Waals surface area contributed by atoms with E-state index < -0.39 is 17.3 Å². The number of nitrogens with zero attached hydrogens (tertiary/aromatic N) is 8. The largest absolute Gasteiger partial charge is 0.355 e. The summed E-state index contributed by atoms with van der Waals surface area (Å²) < 4.78 is 35.1. The Labute approximate surface area is 263 Å². The summed E-state index contributed by atoms with van der Waals surface area (Å²) >= 11 is 0. The van der Waals surface area contributed by atoms with E-state index in [-0.39, 0.29) is 47.1 Å². The molecule has 2 aliphatic heterocycles. The van der Waals surface area contributed by atoms with E-state index in [0.717, 1.165) is 11.1 Å². The van der Waals surface area contributed by atoms with Gasteiger partial charge < -0.3 is 9.80 Å². The summed E-state index contributed by atoms with van der Waals surface area (Å²) in [5.41, 5.74) is 2.66. The summed E-state index contributed by atoms with van der Waals surface area (Å²) in [5.74, 6) is -1.34. The first-order valence-electron chi connectivity index (χ1n) is 15.2. The van der Waals surface area contributed by atoms with Gasteiger partial charge >= 0.3 is 5.69 Å². The molecule has 5 heterocycles. The number of halogens is 2. The summed E-state index contributed by atoms with van der Waals surface area (Å²) in [6, 6.07) is 11.4. The number of carbonyl (C=O) groups excluding carboxylic acids is 1. The highest BCUT2D eigenvalue weighted by atomic mass is 19.1. The third-order valence-corrected chi connectivity index (χ3v) is 8.81. The molecule has 4 bridgehead atoms. The molecule has 1 atom stereocenters. The van der Waals surface area contributed by atoms with Crippen molar-refractivity contribution in [3.63, 3.8) is 0 Å². The Morgan fingerprint density at radius 3 is 2.61 bits per heavy atom. The minimum Gasteiger partial charge on any atom is -0.350 e. The molecule has 1 fully saturated rings. The molecule has 0 saturated carbocycles. The van der Waals surface area contributed by atoms with E-state index in [2.05, 4.69) is 21.9 Å². The number of pyridine rings is 1. The van der Waals surface area contributed by atoms with Crippen LogP contribution < -0.4 is 10.6 Å². The van der Waals surface area contributed by atoms with Gasteiger partial charge in [0.2, 0.25) is 5.91 Å². The smallest absolute Gasteiger partial charge is 0.350 e. The number of rotatable bonds is 3. The zero-order valence-electron chi connectivity index (χ0n) is 25.7. The van der Waals surface area contributed by atoms with Crippen molar-refractivity contribution in [1.29, 1.82) is 0 Å². The van der Waals surface area contributed by atoms with E-state index in [1.165, 1.54) is 22.8 Å². The summed E-state index contributed by atoms with van der Waals surface area (Å²) in [4.78, 5) is 39.6. The molecule has 2 aliphatic rings. The topological polar surface area (TPSA) is 102 Å². The molecule has 0 aliphatic carbocycles. The molecule has 1 amide bonds. The highest BCUT2D eigenvalue weighted by Gasteiger charge is 2.31. The monoisotopic (exact) mass is 622 g/mol. The van der Waals surface area contributed by atoms with E-state index in [9.17, 15) is 9.59 Å². The van der Waals surface area contributed by atoms with Gasteiger partial charge in [0.05, 0.1) is 23.3 Å². The van der Waals surface area contributed by atoms with Crippen molar-refractivity contribution in [3.8, 4) is 16.9 Å². The van der Waals surface area contributed by atoms with Crippen LogP contribution >= 0.6 is 0 Å². The number of anilines is 1. The first-order chi connectivity index (χ1) is 22.1. The number of aromatic nitrogens is 6. The lowest BCUT2D eigenvalue weighted by Crippen LogP contribution is -2.54. The van der Waals surface area contributed by atoms with Crippen LogP contribution in [-0.4, -0.2) is 66.0 Å². The van der Waals surface area contributed by atoms with E-state index in [4.69, 9.17) is 4.98 Å². The van der Waals surface area contributed by atoms with Crippen molar-refractivity contribution in [2.24, 2.45) is 0 Å². The van der Waals surface area contributed by atoms with Crippen LogP contribution in [0, 0.1) is 11.6 Å². The Kier molecular flexibility index (Phi) is 7.22. The van der Waals surface area contributed by atoms with E-state index in [1.54, 1.807) is 27.9 Å². The van der Waals surface area contributed by atoms with Crippen LogP contribution in [0.2, 0.25) is 0 Å². The van der Waals surface area contributed by atoms with Gasteiger partial charge in [-0.3, -0.25) is 4.79 Å². The molecule has 2 aromatic carbocycles. The number of hydrogen-bond donors (Lipinski definition) is 0. The van der Waals surface area contributed by atoms with Gasteiger partial charge in [0.25, 0.3) is 0 Å². The van der Waals surface area contributed by atoms with Crippen molar-refractivity contribution >= 4 is 22.8 Å². The van der Waals surface area contributed by atoms with Crippen LogP contribution in [0.4, 0.5) is 14.6 Å². The fraction of sp³-hybridized carbons (Fsp3) is 0.294. The van der Waals surface area contributed by atoms with Crippen LogP contribution in [0.3, 0.4) is 0 Å². The van der Waals surface area contributed by atoms with Gasteiger partial charge in [-0.15, -0.1) is 5.10 Å². The van der Waals surface area contributed by atoms with Gasteiger partial charge in [-0.05, 0) is 47.7 Å². The quantitative estimate of drug-likeness (QED) is 0.266. The van der Waals surface area contributed by atoms with Crippen molar-refractivity contribution in [2.45, 2.75) is 45.7 Å². The van der Waals surface area contributed by atoms with Crippen LogP contribution in [0.5, 0.6) is 0 Å². The first kappa shape index (κ1) is 29.5. The maximum atomic E-state index is 16.4. The maximum Gasteiger partial charge on any atom is 0.355 e. The van der Waals surface area contributed by atoms with Crippen molar-refractivity contribution in [2.75, 3.05) is 24.5 Å². The Hall–Kier alpha value is -5.26. The number of hydrogen-bond acceptors (Lipinski definition) is 7. The molecule has 234 valence electrons. The van der Waals surface area contributed by atoms with Gasteiger partial charge in [-0.25, -0.2) is 27.8 Å². The number of fused-ring (bicyclic) bond motifs is 7. The highest BCUT2D eigenvalue weighted by Crippen LogP contribution is 2.36. The summed E-state index contributed by atoms with van der Waals surface area (Å²) in [6.07, 6.45) is 3.40. The zero-order chi connectivity index (χ0) is 32.3. The normalized spacial score (nSPS) is 16.1. The highest BCUT2D eigenvalue weighted by molar-refractivity contribution is 5.91. The molecule has 5 aromatic rings. The van der Waals surface area contributed by atoms with Crippen molar-refractivity contribution in [3.05, 3.63) is 106 Å². The predicted molar refractivity (Wildman–Crippen MR) is 170 cm³/mol. The molecule has 12 heteroatoms. The molecule has 3 aromatic heterocycles. The van der Waals surface area contributed by atoms with E-state index >= 15 is 8.78 Å². The standard InChI is InChI=1S/C34H32F2N8O2/c1-5-28(45)41-12-13-43(20(4)16-41)32-25-15-27(36)30-29-22(9-7-11-26(29)35)17-42-18-23(39-40-42)14-21-8-6-10-24(19(2)3)31(21)44(33(25)37-30)34(46)38-32/h5-11,15,18-20H,1,12-14,16-17H2,2-4H3/t20-/m0/s1. The van der Waals surface area contributed by atoms with Crippen LogP contribution in [0.25, 0.3) is 28.0 Å². The van der Waals surface area contributed by atoms with Crippen LogP contribution in [0.15, 0.2) is 66.1 Å². The second-order valence-electron chi connectivity index (χ2n) is 12.1. The van der Waals surface area contributed by atoms with Crippen molar-refractivity contribution in [1.82, 2.24) is 34.4 Å². The number of piperazine rings is 1. The lowest BCUT2D eigenvalue weighted by molar-refractivity contribution is -0.126. The van der Waals surface area contributed by atoms with Gasteiger partial charge in [-0.2, -0.15) is 4.98 Å². The van der Waals surface area contributed by atoms with Gasteiger partial charge in [0, 0.05) is 43.9 Å². The molecule has 46 heavy (non-hydrogen) atoms. The molecule has 1 saturated heterocycles. The average Bonchev–Trinajstić information content (AvgIpc) is 3.47. The second-order valence-corrected chi connectivity index (χ2v) is 12.1. The molecule has 0 unspecified atom stereocenters.